The van der Waals surface area contributed by atoms with E-state index in [1.807, 2.05) is 24.3 Å². The van der Waals surface area contributed by atoms with Gasteiger partial charge in [-0.15, -0.1) is 0 Å². The van der Waals surface area contributed by atoms with Gasteiger partial charge < -0.3 is 5.73 Å². The Morgan fingerprint density at radius 1 is 1.32 bits per heavy atom. The molecule has 2 nitrogen and oxygen atoms in total. The van der Waals surface area contributed by atoms with E-state index < -0.39 is 10.8 Å². The highest BCUT2D eigenvalue weighted by molar-refractivity contribution is 9.10. The van der Waals surface area contributed by atoms with Crippen molar-refractivity contribution in [2.75, 3.05) is 0 Å². The molecule has 1 aliphatic rings. The van der Waals surface area contributed by atoms with Crippen molar-refractivity contribution in [2.45, 2.75) is 55.2 Å². The van der Waals surface area contributed by atoms with Crippen molar-refractivity contribution in [3.8, 4) is 0 Å². The predicted octanol–water partition coefficient (Wildman–Crippen LogP) is 3.85. The fourth-order valence-electron chi connectivity index (χ4n) is 2.90. The first-order chi connectivity index (χ1) is 9.11. The maximum absolute atomic E-state index is 12.7. The van der Waals surface area contributed by atoms with Crippen molar-refractivity contribution in [1.29, 1.82) is 0 Å². The van der Waals surface area contributed by atoms with Crippen LogP contribution in [0.25, 0.3) is 0 Å². The molecule has 1 saturated carbocycles. The van der Waals surface area contributed by atoms with Crippen LogP contribution in [0.15, 0.2) is 33.6 Å². The van der Waals surface area contributed by atoms with Crippen LogP contribution in [-0.2, 0) is 10.8 Å². The summed E-state index contributed by atoms with van der Waals surface area (Å²) in [6, 6.07) is 7.86. The zero-order valence-corrected chi connectivity index (χ0v) is 13.8. The first-order valence-electron chi connectivity index (χ1n) is 7.03. The van der Waals surface area contributed by atoms with Gasteiger partial charge in [0.1, 0.15) is 0 Å². The van der Waals surface area contributed by atoms with Gasteiger partial charge in [-0.1, -0.05) is 35.7 Å². The Kier molecular flexibility index (Phi) is 5.60. The molecular weight excluding hydrogens is 322 g/mol. The third kappa shape index (κ3) is 3.89. The largest absolute Gasteiger partial charge is 0.327 e. The van der Waals surface area contributed by atoms with E-state index in [4.69, 9.17) is 5.73 Å². The summed E-state index contributed by atoms with van der Waals surface area (Å²) < 4.78 is 13.7. The van der Waals surface area contributed by atoms with Crippen molar-refractivity contribution < 1.29 is 4.21 Å². The van der Waals surface area contributed by atoms with Crippen LogP contribution in [0.5, 0.6) is 0 Å². The van der Waals surface area contributed by atoms with E-state index in [1.165, 1.54) is 19.3 Å². The van der Waals surface area contributed by atoms with Crippen LogP contribution in [0, 0.1) is 5.92 Å². The van der Waals surface area contributed by atoms with Gasteiger partial charge in [0.05, 0.1) is 16.0 Å². The topological polar surface area (TPSA) is 43.1 Å². The molecule has 4 unspecified atom stereocenters. The monoisotopic (exact) mass is 343 g/mol. The predicted molar refractivity (Wildman–Crippen MR) is 84.6 cm³/mol. The van der Waals surface area contributed by atoms with Crippen LogP contribution >= 0.6 is 15.9 Å². The molecule has 4 atom stereocenters. The van der Waals surface area contributed by atoms with Gasteiger partial charge in [0.2, 0.25) is 0 Å². The third-order valence-corrected chi connectivity index (χ3v) is 6.33. The third-order valence-electron chi connectivity index (χ3n) is 3.97. The highest BCUT2D eigenvalue weighted by atomic mass is 79.9. The minimum Gasteiger partial charge on any atom is -0.327 e. The minimum atomic E-state index is -0.978. The van der Waals surface area contributed by atoms with Crippen molar-refractivity contribution >= 4 is 26.7 Å². The number of benzene rings is 1. The van der Waals surface area contributed by atoms with Gasteiger partial charge in [0.15, 0.2) is 0 Å². The molecule has 0 aliphatic heterocycles. The molecule has 0 amide bonds. The minimum absolute atomic E-state index is 0.0811. The molecule has 1 aromatic rings. The van der Waals surface area contributed by atoms with Gasteiger partial charge >= 0.3 is 0 Å². The van der Waals surface area contributed by atoms with E-state index in [2.05, 4.69) is 22.9 Å². The normalized spacial score (nSPS) is 29.1. The highest BCUT2D eigenvalue weighted by Crippen LogP contribution is 2.32. The molecule has 0 spiro atoms. The lowest BCUT2D eigenvalue weighted by Gasteiger charge is -2.33. The Balaban J connectivity index is 2.09. The molecule has 0 aromatic heterocycles. The zero-order chi connectivity index (χ0) is 13.8. The summed E-state index contributed by atoms with van der Waals surface area (Å²) in [6.07, 6.45) is 5.66. The van der Waals surface area contributed by atoms with Crippen LogP contribution < -0.4 is 5.73 Å². The first kappa shape index (κ1) is 15.2. The molecule has 2 N–H and O–H groups in total. The van der Waals surface area contributed by atoms with E-state index in [0.29, 0.717) is 5.92 Å². The Morgan fingerprint density at radius 2 is 2.00 bits per heavy atom. The standard InChI is InChI=1S/C15H22BrNOS/c1-2-3-11-4-9-14(17)15(10-11)19(18)13-7-5-12(16)6-8-13/h5-8,11,14-15H,2-4,9-10,17H2,1H3. The summed E-state index contributed by atoms with van der Waals surface area (Å²) in [5.41, 5.74) is 6.20. The maximum atomic E-state index is 12.7. The molecular formula is C15H22BrNOS. The molecule has 1 fully saturated rings. The van der Waals surface area contributed by atoms with E-state index in [0.717, 1.165) is 22.2 Å². The fourth-order valence-corrected chi connectivity index (χ4v) is 4.81. The van der Waals surface area contributed by atoms with Crippen LogP contribution in [0.3, 0.4) is 0 Å². The second-order valence-electron chi connectivity index (χ2n) is 5.42. The van der Waals surface area contributed by atoms with Gasteiger partial charge in [-0.05, 0) is 49.4 Å². The second kappa shape index (κ2) is 7.00. The van der Waals surface area contributed by atoms with Crippen molar-refractivity contribution in [1.82, 2.24) is 0 Å². The molecule has 2 rings (SSSR count). The Morgan fingerprint density at radius 3 is 2.63 bits per heavy atom. The average molecular weight is 344 g/mol. The molecule has 1 aliphatic carbocycles. The lowest BCUT2D eigenvalue weighted by atomic mass is 9.83. The molecule has 106 valence electrons. The second-order valence-corrected chi connectivity index (χ2v) is 8.01. The molecule has 0 heterocycles. The van der Waals surface area contributed by atoms with E-state index in [9.17, 15) is 4.21 Å². The number of hydrogen-bond acceptors (Lipinski definition) is 2. The number of halogens is 1. The first-order valence-corrected chi connectivity index (χ1v) is 9.04. The fraction of sp³-hybridized carbons (Fsp3) is 0.600. The summed E-state index contributed by atoms with van der Waals surface area (Å²) in [5, 5.41) is 0.117. The Bertz CT molecular complexity index is 434. The number of hydrogen-bond donors (Lipinski definition) is 1. The highest BCUT2D eigenvalue weighted by Gasteiger charge is 2.32. The lowest BCUT2D eigenvalue weighted by molar-refractivity contribution is 0.313. The number of rotatable bonds is 4. The van der Waals surface area contributed by atoms with Gasteiger partial charge in [-0.25, -0.2) is 0 Å². The molecule has 0 saturated heterocycles. The summed E-state index contributed by atoms with van der Waals surface area (Å²) in [7, 11) is -0.978. The average Bonchev–Trinajstić information content (AvgIpc) is 2.41. The summed E-state index contributed by atoms with van der Waals surface area (Å²) in [4.78, 5) is 0.904. The van der Waals surface area contributed by atoms with Crippen LogP contribution in [0.2, 0.25) is 0 Å². The maximum Gasteiger partial charge on any atom is 0.0576 e. The molecule has 4 heteroatoms. The smallest absolute Gasteiger partial charge is 0.0576 e. The Labute approximate surface area is 126 Å². The molecule has 0 bridgehead atoms. The van der Waals surface area contributed by atoms with E-state index in [1.54, 1.807) is 0 Å². The summed E-state index contributed by atoms with van der Waals surface area (Å²) in [6.45, 7) is 2.22. The quantitative estimate of drug-likeness (QED) is 0.901. The van der Waals surface area contributed by atoms with E-state index >= 15 is 0 Å². The summed E-state index contributed by atoms with van der Waals surface area (Å²) >= 11 is 3.41. The van der Waals surface area contributed by atoms with E-state index in [-0.39, 0.29) is 11.3 Å². The summed E-state index contributed by atoms with van der Waals surface area (Å²) in [5.74, 6) is 0.703. The van der Waals surface area contributed by atoms with Crippen molar-refractivity contribution in [3.05, 3.63) is 28.7 Å². The van der Waals surface area contributed by atoms with Crippen molar-refractivity contribution in [3.63, 3.8) is 0 Å². The molecule has 19 heavy (non-hydrogen) atoms. The Hall–Kier alpha value is -0.190. The van der Waals surface area contributed by atoms with Crippen LogP contribution in [0.4, 0.5) is 0 Å². The van der Waals surface area contributed by atoms with Gasteiger partial charge in [0.25, 0.3) is 0 Å². The van der Waals surface area contributed by atoms with Crippen LogP contribution in [0.1, 0.15) is 39.0 Å². The number of nitrogens with two attached hydrogens (primary N) is 1. The SMILES string of the molecule is CCCC1CCC(N)C(S(=O)c2ccc(Br)cc2)C1. The molecule has 0 radical (unpaired) electrons. The van der Waals surface area contributed by atoms with Gasteiger partial charge in [-0.2, -0.15) is 0 Å². The lowest BCUT2D eigenvalue weighted by Crippen LogP contribution is -2.42. The molecule has 1 aromatic carbocycles. The van der Waals surface area contributed by atoms with Crippen molar-refractivity contribution in [2.24, 2.45) is 11.7 Å². The van der Waals surface area contributed by atoms with Gasteiger partial charge in [-0.3, -0.25) is 4.21 Å². The zero-order valence-electron chi connectivity index (χ0n) is 11.3. The van der Waals surface area contributed by atoms with Crippen LogP contribution in [-0.4, -0.2) is 15.5 Å². The van der Waals surface area contributed by atoms with Gasteiger partial charge in [0, 0.05) is 15.4 Å².